The molecule has 19 heavy (non-hydrogen) atoms. The van der Waals surface area contributed by atoms with Crippen LogP contribution in [0.25, 0.3) is 0 Å². The van der Waals surface area contributed by atoms with E-state index in [1.807, 2.05) is 31.2 Å². The second-order valence-corrected chi connectivity index (χ2v) is 5.46. The minimum atomic E-state index is -0.0130. The summed E-state index contributed by atoms with van der Waals surface area (Å²) in [5.41, 5.74) is 1.72. The molecule has 0 spiro atoms. The minimum Gasteiger partial charge on any atom is -0.383 e. The molecule has 0 aliphatic heterocycles. The standard InChI is InChI=1S/C16H26N2O/c1-5-17-16(19)14-7-6-8-15(11-14)18-13(4)10-9-12(2)3/h6-8,11-13,18H,5,9-10H2,1-4H3,(H,17,19). The number of amides is 1. The van der Waals surface area contributed by atoms with Gasteiger partial charge in [-0.1, -0.05) is 19.9 Å². The van der Waals surface area contributed by atoms with Crippen molar-refractivity contribution in [3.05, 3.63) is 29.8 Å². The van der Waals surface area contributed by atoms with E-state index in [1.165, 1.54) is 6.42 Å². The maximum absolute atomic E-state index is 11.8. The van der Waals surface area contributed by atoms with Crippen LogP contribution < -0.4 is 10.6 Å². The first-order valence-electron chi connectivity index (χ1n) is 7.17. The summed E-state index contributed by atoms with van der Waals surface area (Å²) >= 11 is 0. The Bertz CT molecular complexity index is 401. The predicted octanol–water partition coefficient (Wildman–Crippen LogP) is 3.67. The molecule has 0 saturated heterocycles. The molecule has 0 radical (unpaired) electrons. The molecule has 1 aromatic carbocycles. The maximum Gasteiger partial charge on any atom is 0.251 e. The molecular weight excluding hydrogens is 236 g/mol. The summed E-state index contributed by atoms with van der Waals surface area (Å²) < 4.78 is 0. The topological polar surface area (TPSA) is 41.1 Å². The number of benzene rings is 1. The summed E-state index contributed by atoms with van der Waals surface area (Å²) in [4.78, 5) is 11.8. The average molecular weight is 262 g/mol. The van der Waals surface area contributed by atoms with Gasteiger partial charge in [-0.25, -0.2) is 0 Å². The van der Waals surface area contributed by atoms with E-state index in [9.17, 15) is 4.79 Å². The first-order valence-corrected chi connectivity index (χ1v) is 7.17. The van der Waals surface area contributed by atoms with Crippen molar-refractivity contribution in [3.8, 4) is 0 Å². The molecule has 1 amide bonds. The summed E-state index contributed by atoms with van der Waals surface area (Å²) in [6, 6.07) is 8.11. The average Bonchev–Trinajstić information content (AvgIpc) is 2.37. The highest BCUT2D eigenvalue weighted by Crippen LogP contribution is 2.15. The van der Waals surface area contributed by atoms with Crippen LogP contribution >= 0.6 is 0 Å². The zero-order chi connectivity index (χ0) is 14.3. The molecule has 1 atom stereocenters. The Morgan fingerprint density at radius 3 is 2.58 bits per heavy atom. The summed E-state index contributed by atoms with van der Waals surface area (Å²) in [6.07, 6.45) is 2.35. The maximum atomic E-state index is 11.8. The van der Waals surface area contributed by atoms with E-state index in [0.717, 1.165) is 18.0 Å². The monoisotopic (exact) mass is 262 g/mol. The van der Waals surface area contributed by atoms with E-state index in [2.05, 4.69) is 31.4 Å². The van der Waals surface area contributed by atoms with Gasteiger partial charge >= 0.3 is 0 Å². The molecule has 0 saturated carbocycles. The van der Waals surface area contributed by atoms with Gasteiger partial charge in [0.25, 0.3) is 5.91 Å². The fourth-order valence-electron chi connectivity index (χ4n) is 1.95. The van der Waals surface area contributed by atoms with Gasteiger partial charge in [0, 0.05) is 23.8 Å². The Labute approximate surface area is 116 Å². The van der Waals surface area contributed by atoms with Crippen LogP contribution in [0.1, 0.15) is 50.9 Å². The molecule has 106 valence electrons. The molecule has 0 heterocycles. The molecule has 1 rings (SSSR count). The van der Waals surface area contributed by atoms with E-state index < -0.39 is 0 Å². The van der Waals surface area contributed by atoms with Gasteiger partial charge < -0.3 is 10.6 Å². The number of anilines is 1. The zero-order valence-electron chi connectivity index (χ0n) is 12.5. The molecule has 3 nitrogen and oxygen atoms in total. The van der Waals surface area contributed by atoms with Gasteiger partial charge in [-0.3, -0.25) is 4.79 Å². The van der Waals surface area contributed by atoms with Crippen molar-refractivity contribution >= 4 is 11.6 Å². The molecule has 0 aromatic heterocycles. The fourth-order valence-corrected chi connectivity index (χ4v) is 1.95. The van der Waals surface area contributed by atoms with Crippen molar-refractivity contribution < 1.29 is 4.79 Å². The second kappa shape index (κ2) is 7.82. The number of hydrogen-bond donors (Lipinski definition) is 2. The van der Waals surface area contributed by atoms with Crippen molar-refractivity contribution in [2.45, 2.75) is 46.6 Å². The van der Waals surface area contributed by atoms with Crippen molar-refractivity contribution in [2.24, 2.45) is 5.92 Å². The van der Waals surface area contributed by atoms with Gasteiger partial charge in [-0.2, -0.15) is 0 Å². The largest absolute Gasteiger partial charge is 0.383 e. The molecule has 2 N–H and O–H groups in total. The van der Waals surface area contributed by atoms with Crippen LogP contribution in [-0.2, 0) is 0 Å². The van der Waals surface area contributed by atoms with E-state index in [0.29, 0.717) is 18.2 Å². The Kier molecular flexibility index (Phi) is 6.40. The van der Waals surface area contributed by atoms with Crippen molar-refractivity contribution in [2.75, 3.05) is 11.9 Å². The van der Waals surface area contributed by atoms with Gasteiger partial charge in [-0.05, 0) is 50.8 Å². The van der Waals surface area contributed by atoms with E-state index >= 15 is 0 Å². The SMILES string of the molecule is CCNC(=O)c1cccc(NC(C)CCC(C)C)c1. The summed E-state index contributed by atoms with van der Waals surface area (Å²) in [5.74, 6) is 0.715. The predicted molar refractivity (Wildman–Crippen MR) is 81.6 cm³/mol. The van der Waals surface area contributed by atoms with Crippen LogP contribution in [0.5, 0.6) is 0 Å². The molecule has 3 heteroatoms. The molecule has 1 aromatic rings. The number of carbonyl (C=O) groups excluding carboxylic acids is 1. The third-order valence-electron chi connectivity index (χ3n) is 3.05. The quantitative estimate of drug-likeness (QED) is 0.787. The van der Waals surface area contributed by atoms with E-state index in [4.69, 9.17) is 0 Å². The Morgan fingerprint density at radius 2 is 1.95 bits per heavy atom. The first kappa shape index (κ1) is 15.5. The normalized spacial score (nSPS) is 12.3. The van der Waals surface area contributed by atoms with Gasteiger partial charge in [0.2, 0.25) is 0 Å². The third-order valence-corrected chi connectivity index (χ3v) is 3.05. The molecule has 0 bridgehead atoms. The fraction of sp³-hybridized carbons (Fsp3) is 0.562. The minimum absolute atomic E-state index is 0.0130. The molecule has 0 aliphatic rings. The number of carbonyl (C=O) groups is 1. The van der Waals surface area contributed by atoms with Crippen molar-refractivity contribution in [3.63, 3.8) is 0 Å². The number of nitrogens with one attached hydrogen (secondary N) is 2. The van der Waals surface area contributed by atoms with Crippen LogP contribution in [0.3, 0.4) is 0 Å². The lowest BCUT2D eigenvalue weighted by atomic mass is 10.0. The summed E-state index contributed by atoms with van der Waals surface area (Å²) in [6.45, 7) is 9.24. The first-order chi connectivity index (χ1) is 9.02. The van der Waals surface area contributed by atoms with Crippen LogP contribution in [0, 0.1) is 5.92 Å². The lowest BCUT2D eigenvalue weighted by molar-refractivity contribution is 0.0956. The van der Waals surface area contributed by atoms with Gasteiger partial charge in [0.15, 0.2) is 0 Å². The third kappa shape index (κ3) is 5.77. The van der Waals surface area contributed by atoms with E-state index in [-0.39, 0.29) is 5.91 Å². The Morgan fingerprint density at radius 1 is 1.21 bits per heavy atom. The highest BCUT2D eigenvalue weighted by molar-refractivity contribution is 5.95. The highest BCUT2D eigenvalue weighted by atomic mass is 16.1. The smallest absolute Gasteiger partial charge is 0.251 e. The van der Waals surface area contributed by atoms with Crippen LogP contribution in [-0.4, -0.2) is 18.5 Å². The molecule has 0 aliphatic carbocycles. The van der Waals surface area contributed by atoms with Crippen LogP contribution in [0.4, 0.5) is 5.69 Å². The van der Waals surface area contributed by atoms with E-state index in [1.54, 1.807) is 0 Å². The van der Waals surface area contributed by atoms with Gasteiger partial charge in [0.05, 0.1) is 0 Å². The molecule has 0 fully saturated rings. The molecule has 1 unspecified atom stereocenters. The second-order valence-electron chi connectivity index (χ2n) is 5.46. The Hall–Kier alpha value is -1.51. The zero-order valence-corrected chi connectivity index (χ0v) is 12.5. The number of hydrogen-bond acceptors (Lipinski definition) is 2. The lowest BCUT2D eigenvalue weighted by Gasteiger charge is -2.17. The summed E-state index contributed by atoms with van der Waals surface area (Å²) in [7, 11) is 0. The van der Waals surface area contributed by atoms with Crippen LogP contribution in [0.2, 0.25) is 0 Å². The lowest BCUT2D eigenvalue weighted by Crippen LogP contribution is -2.23. The van der Waals surface area contributed by atoms with Gasteiger partial charge in [0.1, 0.15) is 0 Å². The Balaban J connectivity index is 2.59. The highest BCUT2D eigenvalue weighted by Gasteiger charge is 2.07. The van der Waals surface area contributed by atoms with Gasteiger partial charge in [-0.15, -0.1) is 0 Å². The van der Waals surface area contributed by atoms with Crippen molar-refractivity contribution in [1.29, 1.82) is 0 Å². The summed E-state index contributed by atoms with van der Waals surface area (Å²) in [5, 5.41) is 6.27. The molecular formula is C16H26N2O. The van der Waals surface area contributed by atoms with Crippen molar-refractivity contribution in [1.82, 2.24) is 5.32 Å². The number of rotatable bonds is 7. The van der Waals surface area contributed by atoms with Crippen LogP contribution in [0.15, 0.2) is 24.3 Å².